The highest BCUT2D eigenvalue weighted by Gasteiger charge is 2.38. The average molecular weight is 319 g/mol. The summed E-state index contributed by atoms with van der Waals surface area (Å²) in [6, 6.07) is 6.78. The van der Waals surface area contributed by atoms with E-state index in [9.17, 15) is 4.79 Å². The van der Waals surface area contributed by atoms with Crippen LogP contribution in [0.15, 0.2) is 23.0 Å². The molecule has 0 radical (unpaired) electrons. The van der Waals surface area contributed by atoms with Crippen molar-refractivity contribution >= 4 is 28.3 Å². The number of anilines is 1. The molecule has 2 aliphatic rings. The number of nitrogens with one attached hydrogen (secondary N) is 2. The predicted molar refractivity (Wildman–Crippen MR) is 88.6 cm³/mol. The number of H-pyrrole nitrogens is 1. The number of pyridine rings is 2. The first-order valence-corrected chi connectivity index (χ1v) is 8.16. The van der Waals surface area contributed by atoms with Crippen molar-refractivity contribution in [1.82, 2.24) is 14.9 Å². The molecule has 2 bridgehead atoms. The lowest BCUT2D eigenvalue weighted by atomic mass is 9.98. The van der Waals surface area contributed by atoms with Gasteiger partial charge in [0.2, 0.25) is 5.56 Å². The summed E-state index contributed by atoms with van der Waals surface area (Å²) in [5.41, 5.74) is 0.601. The van der Waals surface area contributed by atoms with Crippen LogP contribution in [-0.2, 0) is 0 Å². The van der Waals surface area contributed by atoms with Crippen LogP contribution in [-0.4, -0.2) is 40.0 Å². The Labute approximate surface area is 133 Å². The number of aromatic nitrogens is 2. The molecule has 0 spiro atoms. The summed E-state index contributed by atoms with van der Waals surface area (Å²) < 4.78 is 0. The highest BCUT2D eigenvalue weighted by atomic mass is 35.5. The van der Waals surface area contributed by atoms with E-state index in [-0.39, 0.29) is 5.56 Å². The summed E-state index contributed by atoms with van der Waals surface area (Å²) in [5.74, 6) is 0.771. The van der Waals surface area contributed by atoms with E-state index in [0.29, 0.717) is 23.3 Å². The molecule has 0 amide bonds. The van der Waals surface area contributed by atoms with Crippen LogP contribution in [0.2, 0.25) is 5.15 Å². The summed E-state index contributed by atoms with van der Waals surface area (Å²) in [7, 11) is 2.23. The normalized spacial score (nSPS) is 28.2. The second-order valence-electron chi connectivity index (χ2n) is 6.44. The molecule has 0 aromatic carbocycles. The van der Waals surface area contributed by atoms with Gasteiger partial charge in [-0.15, -0.1) is 0 Å². The Kier molecular flexibility index (Phi) is 3.35. The van der Waals surface area contributed by atoms with Crippen molar-refractivity contribution in [3.63, 3.8) is 0 Å². The zero-order valence-corrected chi connectivity index (χ0v) is 13.2. The zero-order chi connectivity index (χ0) is 15.3. The molecule has 5 nitrogen and oxygen atoms in total. The fraction of sp³-hybridized carbons (Fsp3) is 0.500. The lowest BCUT2D eigenvalue weighted by Crippen LogP contribution is -2.44. The summed E-state index contributed by atoms with van der Waals surface area (Å²) in [4.78, 5) is 21.2. The van der Waals surface area contributed by atoms with E-state index in [1.807, 2.05) is 6.07 Å². The van der Waals surface area contributed by atoms with Crippen molar-refractivity contribution < 1.29 is 0 Å². The average Bonchev–Trinajstić information content (AvgIpc) is 2.69. The maximum absolute atomic E-state index is 11.5. The molecular formula is C16H19ClN4O. The predicted octanol–water partition coefficient (Wildman–Crippen LogP) is 2.61. The molecule has 6 heteroatoms. The Morgan fingerprint density at radius 3 is 2.77 bits per heavy atom. The molecule has 0 aliphatic carbocycles. The van der Waals surface area contributed by atoms with Crippen molar-refractivity contribution in [3.05, 3.63) is 33.7 Å². The molecule has 2 aromatic heterocycles. The van der Waals surface area contributed by atoms with Crippen LogP contribution >= 0.6 is 11.6 Å². The molecule has 1 unspecified atom stereocenters. The van der Waals surface area contributed by atoms with Gasteiger partial charge < -0.3 is 15.2 Å². The van der Waals surface area contributed by atoms with Gasteiger partial charge in [-0.2, -0.15) is 0 Å². The number of rotatable bonds is 2. The van der Waals surface area contributed by atoms with Gasteiger partial charge in [0.15, 0.2) is 0 Å². The molecule has 22 heavy (non-hydrogen) atoms. The first-order valence-electron chi connectivity index (χ1n) is 7.78. The van der Waals surface area contributed by atoms with E-state index in [0.717, 1.165) is 29.6 Å². The molecule has 0 saturated carbocycles. The summed E-state index contributed by atoms with van der Waals surface area (Å²) >= 11 is 6.11. The Bertz CT molecular complexity index is 760. The number of aromatic amines is 1. The SMILES string of the molecule is CN1[C@@H]2CC[C@H]1CC(Nc1nc(Cl)cc3[nH]c(=O)ccc13)C2. The Balaban J connectivity index is 1.66. The van der Waals surface area contributed by atoms with Crippen molar-refractivity contribution in [2.45, 2.75) is 43.8 Å². The number of halogens is 1. The van der Waals surface area contributed by atoms with Gasteiger partial charge in [-0.3, -0.25) is 4.79 Å². The number of nitrogens with zero attached hydrogens (tertiary/aromatic N) is 2. The molecule has 2 aliphatic heterocycles. The summed E-state index contributed by atoms with van der Waals surface area (Å²) in [6.07, 6.45) is 4.84. The Morgan fingerprint density at radius 2 is 2.05 bits per heavy atom. The number of hydrogen-bond donors (Lipinski definition) is 2. The lowest BCUT2D eigenvalue weighted by Gasteiger charge is -2.37. The van der Waals surface area contributed by atoms with Gasteiger partial charge in [-0.05, 0) is 44.9 Å². The van der Waals surface area contributed by atoms with Gasteiger partial charge in [0.05, 0.1) is 5.52 Å². The van der Waals surface area contributed by atoms with E-state index in [1.165, 1.54) is 18.9 Å². The first kappa shape index (κ1) is 14.0. The fourth-order valence-corrected chi connectivity index (χ4v) is 4.16. The molecular weight excluding hydrogens is 300 g/mol. The van der Waals surface area contributed by atoms with Crippen LogP contribution in [0.3, 0.4) is 0 Å². The molecule has 4 heterocycles. The Morgan fingerprint density at radius 1 is 1.32 bits per heavy atom. The van der Waals surface area contributed by atoms with Gasteiger partial charge in [0.1, 0.15) is 11.0 Å². The van der Waals surface area contributed by atoms with E-state index in [1.54, 1.807) is 6.07 Å². The van der Waals surface area contributed by atoms with E-state index in [4.69, 9.17) is 11.6 Å². The fourth-order valence-electron chi connectivity index (χ4n) is 3.96. The minimum atomic E-state index is -0.127. The second kappa shape index (κ2) is 5.25. The van der Waals surface area contributed by atoms with Crippen LogP contribution < -0.4 is 10.9 Å². The third-order valence-corrected chi connectivity index (χ3v) is 5.32. The molecule has 4 rings (SSSR count). The standard InChI is InChI=1S/C16H19ClN4O/c1-21-10-2-3-11(21)7-9(6-10)18-16-12-4-5-15(22)19-13(12)8-14(17)20-16/h4-5,8-11H,2-3,6-7H2,1H3,(H,18,20)(H,19,22)/t9?,10-,11+. The molecule has 116 valence electrons. The third-order valence-electron chi connectivity index (χ3n) is 5.13. The number of piperidine rings is 1. The number of fused-ring (bicyclic) bond motifs is 3. The smallest absolute Gasteiger partial charge is 0.248 e. The Hall–Kier alpha value is -1.59. The van der Waals surface area contributed by atoms with Gasteiger partial charge in [0.25, 0.3) is 0 Å². The monoisotopic (exact) mass is 318 g/mol. The van der Waals surface area contributed by atoms with Gasteiger partial charge in [-0.25, -0.2) is 4.98 Å². The maximum atomic E-state index is 11.5. The molecule has 2 fully saturated rings. The van der Waals surface area contributed by atoms with Crippen molar-refractivity contribution in [3.8, 4) is 0 Å². The van der Waals surface area contributed by atoms with Gasteiger partial charge >= 0.3 is 0 Å². The summed E-state index contributed by atoms with van der Waals surface area (Å²) in [5, 5.41) is 4.87. The van der Waals surface area contributed by atoms with E-state index in [2.05, 4.69) is 27.2 Å². The molecule has 3 atom stereocenters. The molecule has 2 saturated heterocycles. The van der Waals surface area contributed by atoms with Crippen LogP contribution in [0, 0.1) is 0 Å². The topological polar surface area (TPSA) is 61.0 Å². The van der Waals surface area contributed by atoms with E-state index >= 15 is 0 Å². The summed E-state index contributed by atoms with van der Waals surface area (Å²) in [6.45, 7) is 0. The third kappa shape index (κ3) is 2.38. The maximum Gasteiger partial charge on any atom is 0.248 e. The van der Waals surface area contributed by atoms with Crippen molar-refractivity contribution in [2.24, 2.45) is 0 Å². The van der Waals surface area contributed by atoms with E-state index < -0.39 is 0 Å². The highest BCUT2D eigenvalue weighted by molar-refractivity contribution is 6.30. The minimum absolute atomic E-state index is 0.127. The van der Waals surface area contributed by atoms with Crippen molar-refractivity contribution in [1.29, 1.82) is 0 Å². The van der Waals surface area contributed by atoms with Crippen LogP contribution in [0.5, 0.6) is 0 Å². The van der Waals surface area contributed by atoms with Crippen LogP contribution in [0.25, 0.3) is 10.9 Å². The van der Waals surface area contributed by atoms with Crippen LogP contribution in [0.1, 0.15) is 25.7 Å². The van der Waals surface area contributed by atoms with Gasteiger partial charge in [-0.1, -0.05) is 11.6 Å². The minimum Gasteiger partial charge on any atom is -0.367 e. The quantitative estimate of drug-likeness (QED) is 0.836. The largest absolute Gasteiger partial charge is 0.367 e. The molecule has 2 N–H and O–H groups in total. The van der Waals surface area contributed by atoms with Gasteiger partial charge in [0, 0.05) is 29.6 Å². The highest BCUT2D eigenvalue weighted by Crippen LogP contribution is 2.36. The zero-order valence-electron chi connectivity index (χ0n) is 12.5. The number of hydrogen-bond acceptors (Lipinski definition) is 4. The van der Waals surface area contributed by atoms with Crippen molar-refractivity contribution in [2.75, 3.05) is 12.4 Å². The second-order valence-corrected chi connectivity index (χ2v) is 6.83. The first-order chi connectivity index (χ1) is 10.6. The lowest BCUT2D eigenvalue weighted by molar-refractivity contribution is 0.169. The van der Waals surface area contributed by atoms with Crippen LogP contribution in [0.4, 0.5) is 5.82 Å². The molecule has 2 aromatic rings.